The monoisotopic (exact) mass is 174 g/mol. The van der Waals surface area contributed by atoms with Crippen LogP contribution in [0.3, 0.4) is 0 Å². The largest absolute Gasteiger partial charge is 0.459 e. The van der Waals surface area contributed by atoms with Crippen LogP contribution in [0, 0.1) is 0 Å². The molecule has 0 radical (unpaired) electrons. The molecule has 0 aromatic rings. The summed E-state index contributed by atoms with van der Waals surface area (Å²) < 4.78 is 5.03. The summed E-state index contributed by atoms with van der Waals surface area (Å²) in [5, 5.41) is 2.77. The maximum absolute atomic E-state index is 11.0. The first-order chi connectivity index (χ1) is 5.31. The van der Waals surface area contributed by atoms with E-state index in [0.717, 1.165) is 0 Å². The minimum atomic E-state index is -0.420. The molecule has 1 unspecified atom stereocenters. The molecule has 0 saturated heterocycles. The third-order valence-electron chi connectivity index (χ3n) is 0.988. The average molecular weight is 174 g/mol. The maximum atomic E-state index is 11.0. The Balaban J connectivity index is 3.61. The molecule has 0 amide bonds. The van der Waals surface area contributed by atoms with Crippen LogP contribution >= 0.6 is 0 Å². The number of rotatable bonds is 3. The van der Waals surface area contributed by atoms with E-state index in [2.05, 4.69) is 5.32 Å². The van der Waals surface area contributed by atoms with Crippen molar-refractivity contribution in [2.45, 2.75) is 39.5 Å². The Morgan fingerprint density at radius 3 is 2.42 bits per heavy atom. The summed E-state index contributed by atoms with van der Waals surface area (Å²) in [5.41, 5.74) is 4.97. The normalized spacial score (nSPS) is 14.1. The molecule has 72 valence electrons. The Bertz CT molecular complexity index is 150. The quantitative estimate of drug-likeness (QED) is 0.474. The van der Waals surface area contributed by atoms with Crippen molar-refractivity contribution in [3.05, 3.63) is 0 Å². The zero-order chi connectivity index (χ0) is 9.78. The second kappa shape index (κ2) is 4.42. The first-order valence-corrected chi connectivity index (χ1v) is 4.02. The Morgan fingerprint density at radius 2 is 2.08 bits per heavy atom. The van der Waals surface area contributed by atoms with Gasteiger partial charge in [0.2, 0.25) is 0 Å². The van der Waals surface area contributed by atoms with Crippen molar-refractivity contribution in [1.82, 2.24) is 5.32 Å². The summed E-state index contributed by atoms with van der Waals surface area (Å²) in [4.78, 5) is 11.0. The first kappa shape index (κ1) is 11.4. The second-order valence-electron chi connectivity index (χ2n) is 3.76. The Hall–Kier alpha value is -0.610. The summed E-state index contributed by atoms with van der Waals surface area (Å²) in [6.45, 7) is 7.42. The third-order valence-corrected chi connectivity index (χ3v) is 0.988. The fourth-order valence-corrected chi connectivity index (χ4v) is 0.622. The minimum absolute atomic E-state index is 0.162. The molecule has 0 aromatic heterocycles. The summed E-state index contributed by atoms with van der Waals surface area (Å²) in [5.74, 6) is -0.278. The van der Waals surface area contributed by atoms with E-state index in [1.54, 1.807) is 6.92 Å². The van der Waals surface area contributed by atoms with Gasteiger partial charge < -0.3 is 10.5 Å². The molecular formula is C8H18N2O2. The highest BCUT2D eigenvalue weighted by atomic mass is 16.6. The lowest BCUT2D eigenvalue weighted by atomic mass is 10.2. The topological polar surface area (TPSA) is 64.3 Å². The average Bonchev–Trinajstić information content (AvgIpc) is 1.79. The minimum Gasteiger partial charge on any atom is -0.459 e. The highest BCUT2D eigenvalue weighted by Crippen LogP contribution is 2.05. The van der Waals surface area contributed by atoms with Crippen LogP contribution in [-0.2, 0) is 9.53 Å². The van der Waals surface area contributed by atoms with Crippen molar-refractivity contribution >= 4 is 5.97 Å². The van der Waals surface area contributed by atoms with Crippen molar-refractivity contribution in [3.8, 4) is 0 Å². The van der Waals surface area contributed by atoms with Crippen LogP contribution in [0.25, 0.3) is 0 Å². The molecule has 4 nitrogen and oxygen atoms in total. The Labute approximate surface area is 73.5 Å². The van der Waals surface area contributed by atoms with E-state index < -0.39 is 5.60 Å². The van der Waals surface area contributed by atoms with Gasteiger partial charge in [0.05, 0.1) is 12.7 Å². The van der Waals surface area contributed by atoms with Crippen LogP contribution in [0.5, 0.6) is 0 Å². The van der Waals surface area contributed by atoms with Gasteiger partial charge in [-0.05, 0) is 27.7 Å². The molecule has 12 heavy (non-hydrogen) atoms. The smallest absolute Gasteiger partial charge is 0.320 e. The van der Waals surface area contributed by atoms with Gasteiger partial charge in [-0.25, -0.2) is 0 Å². The van der Waals surface area contributed by atoms with E-state index in [0.29, 0.717) is 0 Å². The molecule has 0 heterocycles. The molecule has 1 atom stereocenters. The molecular weight excluding hydrogens is 156 g/mol. The predicted octanol–water partition coefficient (Wildman–Crippen LogP) is 0.222. The fourth-order valence-electron chi connectivity index (χ4n) is 0.622. The molecule has 0 bridgehead atoms. The molecule has 0 rings (SSSR count). The van der Waals surface area contributed by atoms with Gasteiger partial charge in [0.25, 0.3) is 0 Å². The van der Waals surface area contributed by atoms with Gasteiger partial charge in [0.15, 0.2) is 0 Å². The van der Waals surface area contributed by atoms with E-state index in [9.17, 15) is 4.79 Å². The zero-order valence-electron chi connectivity index (χ0n) is 8.18. The first-order valence-electron chi connectivity index (χ1n) is 4.02. The van der Waals surface area contributed by atoms with E-state index >= 15 is 0 Å². The highest BCUT2D eigenvalue weighted by molar-refractivity contribution is 5.72. The Kier molecular flexibility index (Phi) is 4.20. The van der Waals surface area contributed by atoms with Crippen molar-refractivity contribution in [2.75, 3.05) is 6.54 Å². The lowest BCUT2D eigenvalue weighted by Gasteiger charge is -2.20. The summed E-state index contributed by atoms with van der Waals surface area (Å²) in [6.07, 6.45) is -0.183. The van der Waals surface area contributed by atoms with Crippen LogP contribution in [0.4, 0.5) is 0 Å². The lowest BCUT2D eigenvalue weighted by molar-refractivity contribution is -0.153. The number of hydrogen-bond acceptors (Lipinski definition) is 4. The molecule has 0 fully saturated rings. The standard InChI is InChI=1S/C8H18N2O2/c1-6(9)10-5-7(11)12-8(2,3)4/h6,10H,5,9H2,1-4H3. The van der Waals surface area contributed by atoms with Gasteiger partial charge in [-0.1, -0.05) is 0 Å². The van der Waals surface area contributed by atoms with Gasteiger partial charge in [-0.2, -0.15) is 0 Å². The van der Waals surface area contributed by atoms with Crippen LogP contribution < -0.4 is 11.1 Å². The van der Waals surface area contributed by atoms with Crippen LogP contribution in [0.15, 0.2) is 0 Å². The fraction of sp³-hybridized carbons (Fsp3) is 0.875. The number of hydrogen-bond donors (Lipinski definition) is 2. The van der Waals surface area contributed by atoms with Crippen LogP contribution in [0.2, 0.25) is 0 Å². The second-order valence-corrected chi connectivity index (χ2v) is 3.76. The van der Waals surface area contributed by atoms with Crippen molar-refractivity contribution < 1.29 is 9.53 Å². The van der Waals surface area contributed by atoms with Gasteiger partial charge in [-0.3, -0.25) is 10.1 Å². The SMILES string of the molecule is CC(N)NCC(=O)OC(C)(C)C. The van der Waals surface area contributed by atoms with Gasteiger partial charge in [0, 0.05) is 0 Å². The molecule has 0 aliphatic rings. The zero-order valence-corrected chi connectivity index (χ0v) is 8.18. The van der Waals surface area contributed by atoms with E-state index in [1.165, 1.54) is 0 Å². The summed E-state index contributed by atoms with van der Waals surface area (Å²) >= 11 is 0. The molecule has 0 aliphatic carbocycles. The van der Waals surface area contributed by atoms with Gasteiger partial charge >= 0.3 is 5.97 Å². The summed E-state index contributed by atoms with van der Waals surface area (Å²) in [7, 11) is 0. The van der Waals surface area contributed by atoms with E-state index in [-0.39, 0.29) is 18.7 Å². The molecule has 0 aliphatic heterocycles. The number of esters is 1. The van der Waals surface area contributed by atoms with Gasteiger partial charge in [0.1, 0.15) is 5.60 Å². The number of ether oxygens (including phenoxy) is 1. The van der Waals surface area contributed by atoms with E-state index in [4.69, 9.17) is 10.5 Å². The summed E-state index contributed by atoms with van der Waals surface area (Å²) in [6, 6.07) is 0. The molecule has 0 spiro atoms. The molecule has 4 heteroatoms. The van der Waals surface area contributed by atoms with Crippen molar-refractivity contribution in [3.63, 3.8) is 0 Å². The van der Waals surface area contributed by atoms with E-state index in [1.807, 2.05) is 20.8 Å². The predicted molar refractivity (Wildman–Crippen MR) is 47.5 cm³/mol. The molecule has 0 saturated carbocycles. The molecule has 0 aromatic carbocycles. The third kappa shape index (κ3) is 7.50. The number of nitrogens with one attached hydrogen (secondary N) is 1. The van der Waals surface area contributed by atoms with Crippen LogP contribution in [0.1, 0.15) is 27.7 Å². The number of carbonyl (C=O) groups is 1. The van der Waals surface area contributed by atoms with Gasteiger partial charge in [-0.15, -0.1) is 0 Å². The van der Waals surface area contributed by atoms with Crippen LogP contribution in [-0.4, -0.2) is 24.3 Å². The highest BCUT2D eigenvalue weighted by Gasteiger charge is 2.15. The van der Waals surface area contributed by atoms with Crippen molar-refractivity contribution in [1.29, 1.82) is 0 Å². The maximum Gasteiger partial charge on any atom is 0.320 e. The lowest BCUT2D eigenvalue weighted by Crippen LogP contribution is -2.40. The van der Waals surface area contributed by atoms with Crippen molar-refractivity contribution in [2.24, 2.45) is 5.73 Å². The molecule has 3 N–H and O–H groups in total. The Morgan fingerprint density at radius 1 is 1.58 bits per heavy atom. The number of nitrogens with two attached hydrogens (primary N) is 1. The number of carbonyl (C=O) groups excluding carboxylic acids is 1.